The number of hydrogen-bond acceptors (Lipinski definition) is 4. The zero-order valence-electron chi connectivity index (χ0n) is 22.2. The van der Waals surface area contributed by atoms with Crippen molar-refractivity contribution in [3.63, 3.8) is 0 Å². The Balaban J connectivity index is 0.000000269. The van der Waals surface area contributed by atoms with Crippen LogP contribution in [0.25, 0.3) is 0 Å². The van der Waals surface area contributed by atoms with Crippen molar-refractivity contribution in [3.05, 3.63) is 95.6 Å². The van der Waals surface area contributed by atoms with Gasteiger partial charge in [-0.3, -0.25) is 0 Å². The average molecular weight is 401 g/mol. The molecule has 0 saturated carbocycles. The van der Waals surface area contributed by atoms with Gasteiger partial charge in [-0.15, -0.1) is 0 Å². The van der Waals surface area contributed by atoms with Crippen LogP contribution in [0.5, 0.6) is 11.5 Å². The zero-order valence-corrected chi connectivity index (χ0v) is 16.2. The molecule has 0 aromatic heterocycles. The summed E-state index contributed by atoms with van der Waals surface area (Å²) >= 11 is 0. The van der Waals surface area contributed by atoms with E-state index in [0.29, 0.717) is 19.4 Å². The highest BCUT2D eigenvalue weighted by molar-refractivity contribution is 5.28. The van der Waals surface area contributed by atoms with Crippen molar-refractivity contribution >= 4 is 0 Å². The van der Waals surface area contributed by atoms with Crippen molar-refractivity contribution in [3.8, 4) is 11.5 Å². The summed E-state index contributed by atoms with van der Waals surface area (Å²) in [6.07, 6.45) is 1.09. The number of aromatic hydroxyl groups is 1. The fraction of sp³-hybridized carbons (Fsp3) is 0.280. The number of hydrogen-bond donors (Lipinski definition) is 1. The van der Waals surface area contributed by atoms with Crippen molar-refractivity contribution in [1.29, 1.82) is 0 Å². The van der Waals surface area contributed by atoms with Crippen molar-refractivity contribution in [2.24, 2.45) is 0 Å². The van der Waals surface area contributed by atoms with Crippen LogP contribution in [0.15, 0.2) is 78.9 Å². The minimum absolute atomic E-state index is 0.154. The second kappa shape index (κ2) is 13.4. The second-order valence-electron chi connectivity index (χ2n) is 6.28. The lowest BCUT2D eigenvalue weighted by Gasteiger charge is -2.07. The van der Waals surface area contributed by atoms with E-state index in [1.807, 2.05) is 54.6 Å². The Bertz CT molecular complexity index is 972. The van der Waals surface area contributed by atoms with Gasteiger partial charge in [-0.1, -0.05) is 54.6 Å². The molecule has 0 aliphatic rings. The standard InChI is InChI=1S/C16H18O2.C9H12O2/c1-17-12-11-14-7-9-16(10-8-14)18-13-15-5-3-2-4-6-15;1-11-7-6-8-2-4-9(10)5-3-8/h2-10H,11-13H2,1H3;2-5,10H,6-7H2,1H3/i2*1D3. The third-order valence-electron chi connectivity index (χ3n) is 4.09. The molecule has 0 spiro atoms. The predicted molar refractivity (Wildman–Crippen MR) is 116 cm³/mol. The van der Waals surface area contributed by atoms with Crippen LogP contribution in [-0.2, 0) is 28.9 Å². The molecule has 0 fully saturated rings. The highest BCUT2D eigenvalue weighted by Gasteiger charge is 1.97. The zero-order chi connectivity index (χ0) is 25.7. The van der Waals surface area contributed by atoms with E-state index >= 15 is 0 Å². The van der Waals surface area contributed by atoms with Crippen LogP contribution in [0.4, 0.5) is 0 Å². The molecule has 154 valence electrons. The first kappa shape index (κ1) is 15.1. The Morgan fingerprint density at radius 1 is 0.690 bits per heavy atom. The Hall–Kier alpha value is -2.82. The smallest absolute Gasteiger partial charge is 0.119 e. The molecule has 0 unspecified atom stereocenters. The van der Waals surface area contributed by atoms with Crippen LogP contribution in [-0.4, -0.2) is 32.4 Å². The number of phenolic OH excluding ortho intramolecular Hbond substituents is 1. The molecule has 0 bridgehead atoms. The lowest BCUT2D eigenvalue weighted by molar-refractivity contribution is 0.202. The van der Waals surface area contributed by atoms with Gasteiger partial charge in [-0.05, 0) is 53.8 Å². The van der Waals surface area contributed by atoms with Gasteiger partial charge in [0.15, 0.2) is 0 Å². The van der Waals surface area contributed by atoms with E-state index in [9.17, 15) is 0 Å². The van der Waals surface area contributed by atoms with Gasteiger partial charge >= 0.3 is 0 Å². The van der Waals surface area contributed by atoms with Gasteiger partial charge in [0, 0.05) is 14.1 Å². The van der Waals surface area contributed by atoms with Crippen molar-refractivity contribution in [2.75, 3.05) is 27.3 Å². The Kier molecular flexibility index (Phi) is 6.95. The lowest BCUT2D eigenvalue weighted by atomic mass is 10.1. The normalized spacial score (nSPS) is 14.1. The van der Waals surface area contributed by atoms with Gasteiger partial charge in [0.25, 0.3) is 0 Å². The van der Waals surface area contributed by atoms with Crippen molar-refractivity contribution in [1.82, 2.24) is 0 Å². The Morgan fingerprint density at radius 2 is 1.24 bits per heavy atom. The lowest BCUT2D eigenvalue weighted by Crippen LogP contribution is -1.96. The minimum Gasteiger partial charge on any atom is -0.508 e. The van der Waals surface area contributed by atoms with E-state index in [2.05, 4.69) is 4.74 Å². The van der Waals surface area contributed by atoms with Gasteiger partial charge in [-0.25, -0.2) is 0 Å². The summed E-state index contributed by atoms with van der Waals surface area (Å²) in [5.74, 6) is 0.991. The summed E-state index contributed by atoms with van der Waals surface area (Å²) in [6.45, 7) is 0.865. The number of rotatable bonds is 9. The molecule has 0 heterocycles. The topological polar surface area (TPSA) is 47.9 Å². The van der Waals surface area contributed by atoms with Gasteiger partial charge in [0.1, 0.15) is 18.1 Å². The van der Waals surface area contributed by atoms with Crippen LogP contribution in [0, 0.1) is 0 Å². The molecule has 0 saturated heterocycles. The van der Waals surface area contributed by atoms with E-state index in [0.717, 1.165) is 22.4 Å². The van der Waals surface area contributed by atoms with Crippen molar-refractivity contribution < 1.29 is 27.5 Å². The summed E-state index contributed by atoms with van der Waals surface area (Å²) < 4.78 is 56.3. The van der Waals surface area contributed by atoms with Crippen LogP contribution >= 0.6 is 0 Å². The molecule has 4 heteroatoms. The minimum atomic E-state index is -2.32. The first-order chi connectivity index (χ1) is 16.5. The average Bonchev–Trinajstić information content (AvgIpc) is 2.79. The highest BCUT2D eigenvalue weighted by Crippen LogP contribution is 2.14. The van der Waals surface area contributed by atoms with Crippen molar-refractivity contribution in [2.45, 2.75) is 19.4 Å². The number of phenols is 1. The molecular weight excluding hydrogens is 364 g/mol. The SMILES string of the molecule is [2H]C([2H])([2H])OCCc1ccc(O)cc1.[2H]C([2H])([2H])OCCc1ccc(OCc2ccccc2)cc1. The molecule has 29 heavy (non-hydrogen) atoms. The van der Waals surface area contributed by atoms with E-state index in [1.54, 1.807) is 24.3 Å². The fourth-order valence-corrected chi connectivity index (χ4v) is 2.49. The molecular formula is C25H30O4. The van der Waals surface area contributed by atoms with E-state index in [4.69, 9.17) is 22.8 Å². The third-order valence-corrected chi connectivity index (χ3v) is 4.09. The largest absolute Gasteiger partial charge is 0.508 e. The van der Waals surface area contributed by atoms with E-state index in [1.165, 1.54) is 0 Å². The van der Waals surface area contributed by atoms with Gasteiger partial charge in [-0.2, -0.15) is 0 Å². The second-order valence-corrected chi connectivity index (χ2v) is 6.28. The summed E-state index contributed by atoms with van der Waals surface area (Å²) in [5, 5.41) is 8.99. The molecule has 4 nitrogen and oxygen atoms in total. The maximum absolute atomic E-state index is 8.99. The fourth-order valence-electron chi connectivity index (χ4n) is 2.49. The van der Waals surface area contributed by atoms with Gasteiger partial charge in [0.2, 0.25) is 0 Å². The number of ether oxygens (including phenoxy) is 3. The Morgan fingerprint density at radius 3 is 1.79 bits per heavy atom. The molecule has 0 aliphatic carbocycles. The molecule has 3 aromatic carbocycles. The van der Waals surface area contributed by atoms with Crippen LogP contribution in [0.3, 0.4) is 0 Å². The molecule has 0 radical (unpaired) electrons. The first-order valence-electron chi connectivity index (χ1n) is 12.3. The molecule has 0 aliphatic heterocycles. The van der Waals surface area contributed by atoms with E-state index < -0.39 is 14.1 Å². The first-order valence-corrected chi connectivity index (χ1v) is 9.32. The summed E-state index contributed by atoms with van der Waals surface area (Å²) in [6, 6.07) is 24.2. The molecule has 0 atom stereocenters. The predicted octanol–water partition coefficient (Wildman–Crippen LogP) is 5.04. The Labute approximate surface area is 182 Å². The number of methoxy groups -OCH3 is 2. The third kappa shape index (κ3) is 9.28. The maximum Gasteiger partial charge on any atom is 0.119 e. The highest BCUT2D eigenvalue weighted by atomic mass is 16.5. The monoisotopic (exact) mass is 400 g/mol. The van der Waals surface area contributed by atoms with Crippen LogP contribution in [0.1, 0.15) is 24.9 Å². The van der Waals surface area contributed by atoms with Crippen LogP contribution in [0.2, 0.25) is 0 Å². The molecule has 3 rings (SSSR count). The maximum atomic E-state index is 8.99. The quantitative estimate of drug-likeness (QED) is 0.547. The molecule has 0 amide bonds. The van der Waals surface area contributed by atoms with E-state index in [-0.39, 0.29) is 19.0 Å². The van der Waals surface area contributed by atoms with Gasteiger partial charge in [0.05, 0.1) is 21.4 Å². The van der Waals surface area contributed by atoms with Gasteiger partial charge < -0.3 is 19.3 Å². The number of benzene rings is 3. The van der Waals surface area contributed by atoms with Crippen LogP contribution < -0.4 is 4.74 Å². The molecule has 1 N–H and O–H groups in total. The summed E-state index contributed by atoms with van der Waals surface area (Å²) in [5.41, 5.74) is 3.08. The molecule has 3 aromatic rings. The summed E-state index contributed by atoms with van der Waals surface area (Å²) in [4.78, 5) is 0. The summed E-state index contributed by atoms with van der Waals surface area (Å²) in [7, 11) is -4.64.